The van der Waals surface area contributed by atoms with Crippen LogP contribution in [0.4, 0.5) is 0 Å². The molecule has 2 nitrogen and oxygen atoms in total. The summed E-state index contributed by atoms with van der Waals surface area (Å²) >= 11 is 0. The quantitative estimate of drug-likeness (QED) is 0.791. The van der Waals surface area contributed by atoms with Gasteiger partial charge in [0, 0.05) is 11.6 Å². The number of nitrogens with one attached hydrogen (secondary N) is 1. The minimum absolute atomic E-state index is 0.179. The minimum atomic E-state index is 0.179. The summed E-state index contributed by atoms with van der Waals surface area (Å²) in [4.78, 5) is 12.1. The summed E-state index contributed by atoms with van der Waals surface area (Å²) in [6.45, 7) is 10.8. The predicted octanol–water partition coefficient (Wildman–Crippen LogP) is 3.30. The van der Waals surface area contributed by atoms with Crippen molar-refractivity contribution in [3.05, 3.63) is 34.9 Å². The van der Waals surface area contributed by atoms with Crippen LogP contribution in [-0.2, 0) is 0 Å². The maximum atomic E-state index is 12.1. The van der Waals surface area contributed by atoms with E-state index in [1.807, 2.05) is 32.9 Å². The number of hydrogen-bond acceptors (Lipinski definition) is 2. The fourth-order valence-electron chi connectivity index (χ4n) is 1.69. The number of rotatable bonds is 5. The number of ketones is 1. The molecule has 0 spiro atoms. The van der Waals surface area contributed by atoms with E-state index in [1.54, 1.807) is 0 Å². The highest BCUT2D eigenvalue weighted by molar-refractivity contribution is 5.99. The van der Waals surface area contributed by atoms with E-state index in [-0.39, 0.29) is 5.78 Å². The Morgan fingerprint density at radius 1 is 1.24 bits per heavy atom. The van der Waals surface area contributed by atoms with Crippen LogP contribution in [0.3, 0.4) is 0 Å². The van der Waals surface area contributed by atoms with E-state index in [2.05, 4.69) is 25.2 Å². The predicted molar refractivity (Wildman–Crippen MR) is 72.7 cm³/mol. The molecule has 0 saturated carbocycles. The Bertz CT molecular complexity index is 394. The molecule has 1 aromatic rings. The molecule has 17 heavy (non-hydrogen) atoms. The molecule has 0 aliphatic carbocycles. The van der Waals surface area contributed by atoms with Crippen molar-refractivity contribution in [1.29, 1.82) is 0 Å². The lowest BCUT2D eigenvalue weighted by atomic mass is 9.96. The fourth-order valence-corrected chi connectivity index (χ4v) is 1.69. The first kappa shape index (κ1) is 13.9. The lowest BCUT2D eigenvalue weighted by Crippen LogP contribution is -2.29. The summed E-state index contributed by atoms with van der Waals surface area (Å²) in [6, 6.07) is 6.52. The highest BCUT2D eigenvalue weighted by Crippen LogP contribution is 2.18. The van der Waals surface area contributed by atoms with Crippen molar-refractivity contribution in [3.8, 4) is 0 Å². The molecular weight excluding hydrogens is 210 g/mol. The molecule has 0 fully saturated rings. The molecule has 0 aromatic heterocycles. The van der Waals surface area contributed by atoms with E-state index in [4.69, 9.17) is 0 Å². The van der Waals surface area contributed by atoms with E-state index in [0.717, 1.165) is 11.1 Å². The highest BCUT2D eigenvalue weighted by Gasteiger charge is 2.11. The molecule has 0 saturated heterocycles. The lowest BCUT2D eigenvalue weighted by molar-refractivity contribution is 0.0988. The van der Waals surface area contributed by atoms with Crippen LogP contribution in [0.15, 0.2) is 18.2 Å². The van der Waals surface area contributed by atoms with Gasteiger partial charge in [-0.05, 0) is 30.0 Å². The second-order valence-corrected chi connectivity index (χ2v) is 5.19. The number of carbonyl (C=O) groups excluding carboxylic acids is 1. The van der Waals surface area contributed by atoms with Crippen LogP contribution in [0.5, 0.6) is 0 Å². The van der Waals surface area contributed by atoms with Gasteiger partial charge in [-0.2, -0.15) is 0 Å². The van der Waals surface area contributed by atoms with Crippen molar-refractivity contribution < 1.29 is 4.79 Å². The van der Waals surface area contributed by atoms with Crippen LogP contribution in [0.2, 0.25) is 0 Å². The zero-order valence-electron chi connectivity index (χ0n) is 11.5. The van der Waals surface area contributed by atoms with Crippen LogP contribution in [-0.4, -0.2) is 18.4 Å². The number of carbonyl (C=O) groups is 1. The molecule has 0 amide bonds. The molecule has 0 bridgehead atoms. The average molecular weight is 233 g/mol. The van der Waals surface area contributed by atoms with Gasteiger partial charge in [-0.25, -0.2) is 0 Å². The number of aryl methyl sites for hydroxylation is 1. The topological polar surface area (TPSA) is 29.1 Å². The third-order valence-electron chi connectivity index (χ3n) is 2.90. The fraction of sp³-hybridized carbons (Fsp3) is 0.533. The molecule has 0 aliphatic heterocycles. The number of benzene rings is 1. The smallest absolute Gasteiger partial charge is 0.176 e. The van der Waals surface area contributed by atoms with Gasteiger partial charge in [0.05, 0.1) is 6.54 Å². The summed E-state index contributed by atoms with van der Waals surface area (Å²) in [5.74, 6) is 0.638. The summed E-state index contributed by atoms with van der Waals surface area (Å²) < 4.78 is 0. The van der Waals surface area contributed by atoms with Gasteiger partial charge in [-0.15, -0.1) is 0 Å². The molecule has 0 atom stereocenters. The summed E-state index contributed by atoms with van der Waals surface area (Å²) in [7, 11) is 0. The van der Waals surface area contributed by atoms with E-state index in [9.17, 15) is 4.79 Å². The number of hydrogen-bond donors (Lipinski definition) is 1. The molecule has 0 unspecified atom stereocenters. The minimum Gasteiger partial charge on any atom is -0.307 e. The van der Waals surface area contributed by atoms with Crippen molar-refractivity contribution >= 4 is 5.78 Å². The first-order chi connectivity index (χ1) is 7.91. The molecule has 1 rings (SSSR count). The maximum absolute atomic E-state index is 12.1. The second-order valence-electron chi connectivity index (χ2n) is 5.19. The van der Waals surface area contributed by atoms with Crippen LogP contribution >= 0.6 is 0 Å². The maximum Gasteiger partial charge on any atom is 0.176 e. The molecular formula is C15H23NO. The van der Waals surface area contributed by atoms with Crippen LogP contribution < -0.4 is 5.32 Å². The van der Waals surface area contributed by atoms with Crippen molar-refractivity contribution in [2.45, 2.75) is 46.6 Å². The number of Topliss-reactive ketones (excluding diaryl/α,β-unsaturated/α-hetero) is 1. The monoisotopic (exact) mass is 233 g/mol. The summed E-state index contributed by atoms with van der Waals surface area (Å²) in [5, 5.41) is 3.17. The van der Waals surface area contributed by atoms with E-state index < -0.39 is 0 Å². The lowest BCUT2D eigenvalue weighted by Gasteiger charge is -2.12. The largest absolute Gasteiger partial charge is 0.307 e. The molecule has 0 heterocycles. The standard InChI is InChI=1S/C15H23NO/c1-10(2)13-7-6-12(5)14(8-13)15(17)9-16-11(3)4/h6-8,10-11,16H,9H2,1-5H3. The third-order valence-corrected chi connectivity index (χ3v) is 2.90. The Morgan fingerprint density at radius 2 is 1.88 bits per heavy atom. The van der Waals surface area contributed by atoms with Gasteiger partial charge in [-0.1, -0.05) is 39.8 Å². The van der Waals surface area contributed by atoms with Gasteiger partial charge in [0.2, 0.25) is 0 Å². The third kappa shape index (κ3) is 3.97. The Morgan fingerprint density at radius 3 is 2.41 bits per heavy atom. The van der Waals surface area contributed by atoms with Gasteiger partial charge >= 0.3 is 0 Å². The Hall–Kier alpha value is -1.15. The van der Waals surface area contributed by atoms with Gasteiger partial charge in [0.15, 0.2) is 5.78 Å². The first-order valence-corrected chi connectivity index (χ1v) is 6.29. The molecule has 2 heteroatoms. The molecule has 0 aliphatic rings. The molecule has 1 N–H and O–H groups in total. The van der Waals surface area contributed by atoms with Crippen LogP contribution in [0, 0.1) is 6.92 Å². The second kappa shape index (κ2) is 5.97. The van der Waals surface area contributed by atoms with Crippen LogP contribution in [0.1, 0.15) is 55.1 Å². The van der Waals surface area contributed by atoms with Crippen molar-refractivity contribution in [1.82, 2.24) is 5.32 Å². The Balaban J connectivity index is 2.88. The zero-order chi connectivity index (χ0) is 13.0. The molecule has 94 valence electrons. The van der Waals surface area contributed by atoms with Crippen molar-refractivity contribution in [3.63, 3.8) is 0 Å². The molecule has 0 radical (unpaired) electrons. The molecule has 1 aromatic carbocycles. The van der Waals surface area contributed by atoms with Gasteiger partial charge in [0.25, 0.3) is 0 Å². The van der Waals surface area contributed by atoms with E-state index in [0.29, 0.717) is 18.5 Å². The first-order valence-electron chi connectivity index (χ1n) is 6.29. The summed E-state index contributed by atoms with van der Waals surface area (Å²) in [5.41, 5.74) is 3.14. The summed E-state index contributed by atoms with van der Waals surface area (Å²) in [6.07, 6.45) is 0. The van der Waals surface area contributed by atoms with Crippen molar-refractivity contribution in [2.24, 2.45) is 0 Å². The van der Waals surface area contributed by atoms with Crippen molar-refractivity contribution in [2.75, 3.05) is 6.54 Å². The Kier molecular flexibility index (Phi) is 4.88. The Labute approximate surface area is 104 Å². The SMILES string of the molecule is Cc1ccc(C(C)C)cc1C(=O)CNC(C)C. The zero-order valence-corrected chi connectivity index (χ0v) is 11.5. The van der Waals surface area contributed by atoms with Crippen LogP contribution in [0.25, 0.3) is 0 Å². The normalized spacial score (nSPS) is 11.2. The van der Waals surface area contributed by atoms with E-state index >= 15 is 0 Å². The van der Waals surface area contributed by atoms with Gasteiger partial charge in [-0.3, -0.25) is 4.79 Å². The van der Waals surface area contributed by atoms with Gasteiger partial charge < -0.3 is 5.32 Å². The van der Waals surface area contributed by atoms with E-state index in [1.165, 1.54) is 5.56 Å². The highest BCUT2D eigenvalue weighted by atomic mass is 16.1. The average Bonchev–Trinajstić information content (AvgIpc) is 2.26. The van der Waals surface area contributed by atoms with Gasteiger partial charge in [0.1, 0.15) is 0 Å².